The minimum Gasteiger partial charge on any atom is -0.436 e. The summed E-state index contributed by atoms with van der Waals surface area (Å²) in [5, 5.41) is 17.2. The van der Waals surface area contributed by atoms with E-state index in [2.05, 4.69) is 25.9 Å². The number of thiocarbonyl (C=S) groups is 1. The van der Waals surface area contributed by atoms with Crippen LogP contribution in [0.2, 0.25) is 0 Å². The number of halogens is 5. The summed E-state index contributed by atoms with van der Waals surface area (Å²) < 4.78 is 83.4. The summed E-state index contributed by atoms with van der Waals surface area (Å²) in [7, 11) is 0. The Balaban J connectivity index is 0.851. The number of thiazole rings is 1. The molecule has 3 N–H and O–H groups in total. The predicted octanol–water partition coefficient (Wildman–Crippen LogP) is 8.37. The van der Waals surface area contributed by atoms with Gasteiger partial charge in [0, 0.05) is 37.9 Å². The molecular formula is C52H52F5N9O7S2. The van der Waals surface area contributed by atoms with Crippen molar-refractivity contribution in [1.29, 1.82) is 5.26 Å². The van der Waals surface area contributed by atoms with E-state index >= 15 is 8.78 Å². The van der Waals surface area contributed by atoms with E-state index < -0.39 is 86.4 Å². The number of alkyl halides is 3. The van der Waals surface area contributed by atoms with Crippen molar-refractivity contribution in [3.8, 4) is 28.1 Å². The highest BCUT2D eigenvalue weighted by molar-refractivity contribution is 7.81. The van der Waals surface area contributed by atoms with Gasteiger partial charge in [0.25, 0.3) is 17.7 Å². The van der Waals surface area contributed by atoms with Crippen LogP contribution in [0.3, 0.4) is 0 Å². The minimum atomic E-state index is -5.27. The van der Waals surface area contributed by atoms with E-state index in [1.807, 2.05) is 52.0 Å². The van der Waals surface area contributed by atoms with Crippen molar-refractivity contribution in [3.63, 3.8) is 0 Å². The Morgan fingerprint density at radius 1 is 1.00 bits per heavy atom. The minimum absolute atomic E-state index is 0.0879. The van der Waals surface area contributed by atoms with Crippen LogP contribution in [-0.4, -0.2) is 93.4 Å². The van der Waals surface area contributed by atoms with Crippen LogP contribution in [-0.2, 0) is 36.6 Å². The fourth-order valence-electron chi connectivity index (χ4n) is 8.57. The van der Waals surface area contributed by atoms with Crippen molar-refractivity contribution < 1.29 is 55.4 Å². The molecule has 0 radical (unpaired) electrons. The molecule has 2 aliphatic rings. The molecule has 5 amide bonds. The van der Waals surface area contributed by atoms with Gasteiger partial charge in [-0.1, -0.05) is 45.0 Å². The number of aryl methyl sites for hydroxylation is 1. The topological polar surface area (TPSA) is 199 Å². The molecule has 2 saturated heterocycles. The molecule has 3 aromatic carbocycles. The van der Waals surface area contributed by atoms with Gasteiger partial charge in [0.1, 0.15) is 35.5 Å². The number of ether oxygens (including phenoxy) is 2. The smallest absolute Gasteiger partial charge is 0.420 e. The van der Waals surface area contributed by atoms with Gasteiger partial charge < -0.3 is 35.2 Å². The van der Waals surface area contributed by atoms with E-state index in [1.54, 1.807) is 16.8 Å². The molecule has 0 bridgehead atoms. The van der Waals surface area contributed by atoms with Gasteiger partial charge >= 0.3 is 6.18 Å². The number of anilines is 2. The third kappa shape index (κ3) is 12.2. The summed E-state index contributed by atoms with van der Waals surface area (Å²) in [4.78, 5) is 79.4. The molecule has 5 aromatic rings. The predicted molar refractivity (Wildman–Crippen MR) is 271 cm³/mol. The molecule has 2 fully saturated rings. The van der Waals surface area contributed by atoms with E-state index in [4.69, 9.17) is 27.0 Å². The van der Waals surface area contributed by atoms with Crippen LogP contribution >= 0.6 is 23.6 Å². The van der Waals surface area contributed by atoms with Crippen LogP contribution in [0.15, 0.2) is 78.4 Å². The highest BCUT2D eigenvalue weighted by Gasteiger charge is 2.52. The number of likely N-dealkylation sites (tertiary alicyclic amines) is 1. The van der Waals surface area contributed by atoms with Crippen molar-refractivity contribution in [1.82, 2.24) is 30.8 Å². The second-order valence-corrected chi connectivity index (χ2v) is 20.5. The molecule has 2 aromatic heterocycles. The van der Waals surface area contributed by atoms with Gasteiger partial charge in [0.15, 0.2) is 16.7 Å². The molecule has 394 valence electrons. The van der Waals surface area contributed by atoms with E-state index in [-0.39, 0.29) is 55.1 Å². The Bertz CT molecular complexity index is 3050. The van der Waals surface area contributed by atoms with E-state index in [0.29, 0.717) is 30.7 Å². The fourth-order valence-corrected chi connectivity index (χ4v) is 9.90. The van der Waals surface area contributed by atoms with Gasteiger partial charge in [0.2, 0.25) is 17.7 Å². The van der Waals surface area contributed by atoms with E-state index in [0.717, 1.165) is 51.0 Å². The number of rotatable bonds is 17. The lowest BCUT2D eigenvalue weighted by atomic mass is 9.85. The quantitative estimate of drug-likeness (QED) is 0.0458. The first-order valence-corrected chi connectivity index (χ1v) is 24.9. The van der Waals surface area contributed by atoms with Crippen LogP contribution in [0.1, 0.15) is 86.6 Å². The van der Waals surface area contributed by atoms with Gasteiger partial charge in [-0.25, -0.2) is 18.7 Å². The lowest BCUT2D eigenvalue weighted by molar-refractivity contribution is -0.144. The van der Waals surface area contributed by atoms with E-state index in [1.165, 1.54) is 49.1 Å². The molecule has 75 heavy (non-hydrogen) atoms. The number of benzene rings is 3. The maximum absolute atomic E-state index is 15.5. The van der Waals surface area contributed by atoms with Crippen LogP contribution in [0.25, 0.3) is 10.4 Å². The summed E-state index contributed by atoms with van der Waals surface area (Å²) in [5.41, 5.74) is -1.23. The van der Waals surface area contributed by atoms with Gasteiger partial charge in [0.05, 0.1) is 45.3 Å². The molecule has 2 atom stereocenters. The summed E-state index contributed by atoms with van der Waals surface area (Å²) in [5.74, 6) is -5.87. The Morgan fingerprint density at radius 2 is 1.71 bits per heavy atom. The number of hydrogen-bond acceptors (Lipinski definition) is 12. The number of nitriles is 1. The molecule has 23 heteroatoms. The van der Waals surface area contributed by atoms with Crippen LogP contribution in [0.5, 0.6) is 11.6 Å². The molecule has 0 spiro atoms. The molecule has 0 aliphatic carbocycles. The van der Waals surface area contributed by atoms with Crippen molar-refractivity contribution in [2.24, 2.45) is 5.41 Å². The SMILES string of the molecule is Cc1ncsc1-c1ccc(CNC(=O)[C@@H]2CCCN2C(=O)C(NC(=O)COCCCNC(=O)c2ccc(Oc3ncc(N4C(=S)N(c5ccc(C#N)c(C(F)(F)F)c5F)C(=O)C4(C)C)cc3F)cc2)C(C)(C)C)cc1. The zero-order chi connectivity index (χ0) is 54.6. The molecule has 1 unspecified atom stereocenters. The number of nitrogens with zero attached hydrogens (tertiary/aromatic N) is 6. The highest BCUT2D eigenvalue weighted by Crippen LogP contribution is 2.42. The van der Waals surface area contributed by atoms with Crippen molar-refractivity contribution in [2.45, 2.75) is 91.1 Å². The summed E-state index contributed by atoms with van der Waals surface area (Å²) in [6.45, 7) is 10.7. The third-order valence-electron chi connectivity index (χ3n) is 12.5. The van der Waals surface area contributed by atoms with Crippen LogP contribution in [0.4, 0.5) is 33.3 Å². The zero-order valence-electron chi connectivity index (χ0n) is 41.6. The second-order valence-electron chi connectivity index (χ2n) is 19.3. The second kappa shape index (κ2) is 22.6. The first-order valence-electron chi connectivity index (χ1n) is 23.6. The lowest BCUT2D eigenvalue weighted by Crippen LogP contribution is -2.58. The number of carbonyl (C=O) groups is 5. The number of amides is 5. The Morgan fingerprint density at radius 3 is 2.33 bits per heavy atom. The number of hydrogen-bond donors (Lipinski definition) is 3. The van der Waals surface area contributed by atoms with Gasteiger partial charge in [-0.05, 0) is 105 Å². The first kappa shape index (κ1) is 55.3. The zero-order valence-corrected chi connectivity index (χ0v) is 43.2. The Kier molecular flexibility index (Phi) is 16.7. The maximum atomic E-state index is 15.5. The number of aromatic nitrogens is 2. The third-order valence-corrected chi connectivity index (χ3v) is 13.8. The van der Waals surface area contributed by atoms with Crippen molar-refractivity contribution in [2.75, 3.05) is 36.1 Å². The maximum Gasteiger partial charge on any atom is 0.420 e. The first-order chi connectivity index (χ1) is 35.4. The van der Waals surface area contributed by atoms with E-state index in [9.17, 15) is 37.1 Å². The highest BCUT2D eigenvalue weighted by atomic mass is 32.1. The lowest BCUT2D eigenvalue weighted by Gasteiger charge is -2.35. The van der Waals surface area contributed by atoms with Crippen LogP contribution in [0, 0.1) is 35.3 Å². The van der Waals surface area contributed by atoms with Gasteiger partial charge in [-0.3, -0.25) is 28.9 Å². The van der Waals surface area contributed by atoms with Gasteiger partial charge in [-0.2, -0.15) is 18.4 Å². The number of carbonyl (C=O) groups excluding carboxylic acids is 5. The number of nitrogens with one attached hydrogen (secondary N) is 3. The van der Waals surface area contributed by atoms with Crippen LogP contribution < -0.4 is 30.5 Å². The molecule has 2 aliphatic heterocycles. The van der Waals surface area contributed by atoms with Crippen molar-refractivity contribution >= 4 is 69.6 Å². The summed E-state index contributed by atoms with van der Waals surface area (Å²) >= 11 is 6.98. The van der Waals surface area contributed by atoms with Crippen molar-refractivity contribution in [3.05, 3.63) is 118 Å². The van der Waals surface area contributed by atoms with Gasteiger partial charge in [-0.15, -0.1) is 11.3 Å². The molecule has 16 nitrogen and oxygen atoms in total. The molecule has 4 heterocycles. The number of pyridine rings is 1. The summed E-state index contributed by atoms with van der Waals surface area (Å²) in [6, 6.07) is 15.7. The monoisotopic (exact) mass is 1070 g/mol. The largest absolute Gasteiger partial charge is 0.436 e. The summed E-state index contributed by atoms with van der Waals surface area (Å²) in [6.07, 6.45) is -2.71. The molecule has 0 saturated carbocycles. The average Bonchev–Trinajstić information content (AvgIpc) is 4.07. The Labute approximate surface area is 438 Å². The fraction of sp³-hybridized carbons (Fsp3) is 0.365. The normalized spacial score (nSPS) is 15.9. The average molecular weight is 1070 g/mol. The molecular weight excluding hydrogens is 1020 g/mol. The Hall–Kier alpha value is -7.42. The standard InChI is InChI=1S/C52H52F5N9O7S2/c1-29-42(75-28-62-29)31-12-10-30(11-13-31)25-60-45(69)38-9-7-21-64(38)47(70)43(50(2,3)4)63-39(67)27-72-22-8-20-59-44(68)32-14-17-35(18-15-32)73-46-36(53)23-34(26-61-46)66-49(74)65(48(71)51(66,5)6)37-19-16-33(24-58)40(41(37)54)52(55,56)57/h10-19,23,26,28,38,43H,7-9,20-22,25,27H2,1-6H3,(H,59,68)(H,60,69)(H,63,67)/t38-,43?/m0/s1. The molecule has 7 rings (SSSR count).